The normalized spacial score (nSPS) is 27.5. The van der Waals surface area contributed by atoms with E-state index in [9.17, 15) is 20.1 Å². The number of aliphatic hydroxyl groups is 3. The number of nitrogens with zero attached hydrogens (tertiary/aromatic N) is 2. The molecule has 7 heteroatoms. The van der Waals surface area contributed by atoms with Crippen LogP contribution in [0.4, 0.5) is 5.69 Å². The summed E-state index contributed by atoms with van der Waals surface area (Å²) >= 11 is 0. The van der Waals surface area contributed by atoms with Gasteiger partial charge in [-0.15, -0.1) is 0 Å². The third-order valence-corrected chi connectivity index (χ3v) is 6.22. The molecule has 2 aliphatic rings. The van der Waals surface area contributed by atoms with Crippen LogP contribution < -0.4 is 10.2 Å². The van der Waals surface area contributed by atoms with Crippen LogP contribution in [-0.4, -0.2) is 76.7 Å². The van der Waals surface area contributed by atoms with E-state index in [1.54, 1.807) is 0 Å². The zero-order chi connectivity index (χ0) is 20.8. The van der Waals surface area contributed by atoms with Crippen LogP contribution in [0.5, 0.6) is 0 Å². The summed E-state index contributed by atoms with van der Waals surface area (Å²) in [4.78, 5) is 16.7. The zero-order valence-corrected chi connectivity index (χ0v) is 17.3. The number of benzene rings is 1. The van der Waals surface area contributed by atoms with E-state index in [0.29, 0.717) is 13.1 Å². The molecule has 1 aromatic rings. The second kappa shape index (κ2) is 10.4. The maximum Gasteiger partial charge on any atom is 0.221 e. The molecular formula is C22H35N3O4. The van der Waals surface area contributed by atoms with E-state index in [2.05, 4.69) is 29.3 Å². The van der Waals surface area contributed by atoms with E-state index in [4.69, 9.17) is 0 Å². The predicted molar refractivity (Wildman–Crippen MR) is 113 cm³/mol. The van der Waals surface area contributed by atoms with Gasteiger partial charge in [0, 0.05) is 44.3 Å². The van der Waals surface area contributed by atoms with E-state index in [1.165, 1.54) is 12.8 Å². The number of nitrogens with one attached hydrogen (secondary N) is 1. The van der Waals surface area contributed by atoms with Gasteiger partial charge in [0.1, 0.15) is 0 Å². The lowest BCUT2D eigenvalue weighted by atomic mass is 10.0. The molecule has 0 spiro atoms. The van der Waals surface area contributed by atoms with Gasteiger partial charge in [-0.2, -0.15) is 0 Å². The fraction of sp³-hybridized carbons (Fsp3) is 0.682. The summed E-state index contributed by atoms with van der Waals surface area (Å²) < 4.78 is 0. The molecule has 2 heterocycles. The van der Waals surface area contributed by atoms with Gasteiger partial charge < -0.3 is 25.5 Å². The first-order valence-electron chi connectivity index (χ1n) is 10.9. The summed E-state index contributed by atoms with van der Waals surface area (Å²) in [6.45, 7) is 4.93. The van der Waals surface area contributed by atoms with E-state index in [1.807, 2.05) is 17.0 Å². The molecule has 162 valence electrons. The molecule has 2 fully saturated rings. The van der Waals surface area contributed by atoms with Crippen molar-refractivity contribution in [1.29, 1.82) is 0 Å². The van der Waals surface area contributed by atoms with Gasteiger partial charge >= 0.3 is 0 Å². The molecule has 0 radical (unpaired) electrons. The highest BCUT2D eigenvalue weighted by Crippen LogP contribution is 2.32. The third-order valence-electron chi connectivity index (χ3n) is 6.22. The van der Waals surface area contributed by atoms with Crippen molar-refractivity contribution in [2.75, 3.05) is 31.1 Å². The highest BCUT2D eigenvalue weighted by Gasteiger charge is 2.47. The van der Waals surface area contributed by atoms with Gasteiger partial charge in [0.2, 0.25) is 5.91 Å². The van der Waals surface area contributed by atoms with Crippen molar-refractivity contribution >= 4 is 11.6 Å². The molecular weight excluding hydrogens is 370 g/mol. The number of amides is 1. The fourth-order valence-corrected chi connectivity index (χ4v) is 4.55. The Morgan fingerprint density at radius 3 is 2.52 bits per heavy atom. The summed E-state index contributed by atoms with van der Waals surface area (Å²) in [5.74, 6) is -0.133. The minimum absolute atomic E-state index is 0.102. The van der Waals surface area contributed by atoms with Crippen molar-refractivity contribution in [2.45, 2.75) is 69.9 Å². The molecule has 0 saturated carbocycles. The Balaban J connectivity index is 1.77. The van der Waals surface area contributed by atoms with Gasteiger partial charge in [-0.1, -0.05) is 31.5 Å². The Morgan fingerprint density at radius 1 is 1.14 bits per heavy atom. The minimum Gasteiger partial charge on any atom is -0.395 e. The first-order chi connectivity index (χ1) is 14.1. The summed E-state index contributed by atoms with van der Waals surface area (Å²) in [5.41, 5.74) is 2.24. The average Bonchev–Trinajstić information content (AvgIpc) is 3.32. The molecule has 3 rings (SSSR count). The van der Waals surface area contributed by atoms with Crippen LogP contribution in [0, 0.1) is 0 Å². The van der Waals surface area contributed by atoms with Crippen molar-refractivity contribution in [2.24, 2.45) is 0 Å². The van der Waals surface area contributed by atoms with Crippen LogP contribution in [-0.2, 0) is 11.3 Å². The van der Waals surface area contributed by atoms with Crippen molar-refractivity contribution in [3.8, 4) is 0 Å². The Kier molecular flexibility index (Phi) is 7.89. The highest BCUT2D eigenvalue weighted by molar-refractivity contribution is 5.76. The molecule has 2 saturated heterocycles. The van der Waals surface area contributed by atoms with Crippen LogP contribution in [0.3, 0.4) is 0 Å². The van der Waals surface area contributed by atoms with Crippen molar-refractivity contribution in [3.63, 3.8) is 0 Å². The molecule has 4 N–H and O–H groups in total. The number of aliphatic hydroxyl groups excluding tert-OH is 3. The van der Waals surface area contributed by atoms with Crippen molar-refractivity contribution in [1.82, 2.24) is 10.2 Å². The van der Waals surface area contributed by atoms with Gasteiger partial charge in [0.15, 0.2) is 0 Å². The number of carbonyl (C=O) groups is 1. The summed E-state index contributed by atoms with van der Waals surface area (Å²) in [6.07, 6.45) is 2.22. The predicted octanol–water partition coefficient (Wildman–Crippen LogP) is 0.860. The van der Waals surface area contributed by atoms with Gasteiger partial charge in [-0.25, -0.2) is 0 Å². The molecule has 4 atom stereocenters. The van der Waals surface area contributed by atoms with Crippen molar-refractivity contribution in [3.05, 3.63) is 29.8 Å². The second-order valence-electron chi connectivity index (χ2n) is 8.20. The van der Waals surface area contributed by atoms with Crippen LogP contribution in [0.2, 0.25) is 0 Å². The lowest BCUT2D eigenvalue weighted by Gasteiger charge is -2.31. The minimum atomic E-state index is -1.08. The Morgan fingerprint density at radius 2 is 1.83 bits per heavy atom. The number of para-hydroxylation sites is 1. The summed E-state index contributed by atoms with van der Waals surface area (Å²) in [5, 5.41) is 33.9. The zero-order valence-electron chi connectivity index (χ0n) is 17.3. The van der Waals surface area contributed by atoms with Crippen molar-refractivity contribution < 1.29 is 20.1 Å². The van der Waals surface area contributed by atoms with E-state index < -0.39 is 24.3 Å². The standard InChI is InChI=1S/C22H35N3O4/c1-2-3-10-23-20(27)13-18-21(28)22(29)19(15-26)25(18)14-16-8-4-5-9-17(16)24-11-6-7-12-24/h4-5,8-9,18-19,21-22,26,28-29H,2-3,6-7,10-15H2,1H3,(H,23,27)/t18-,19-,21+,22-/m1/s1. The summed E-state index contributed by atoms with van der Waals surface area (Å²) in [6, 6.07) is 7.03. The smallest absolute Gasteiger partial charge is 0.221 e. The van der Waals surface area contributed by atoms with Crippen LogP contribution in [0.15, 0.2) is 24.3 Å². The van der Waals surface area contributed by atoms with Crippen LogP contribution in [0.25, 0.3) is 0 Å². The van der Waals surface area contributed by atoms with E-state index in [0.717, 1.165) is 37.2 Å². The first kappa shape index (κ1) is 22.0. The van der Waals surface area contributed by atoms with E-state index >= 15 is 0 Å². The number of likely N-dealkylation sites (tertiary alicyclic amines) is 1. The highest BCUT2D eigenvalue weighted by atomic mass is 16.3. The number of hydrogen-bond donors (Lipinski definition) is 4. The monoisotopic (exact) mass is 405 g/mol. The number of carbonyl (C=O) groups excluding carboxylic acids is 1. The third kappa shape index (κ3) is 5.09. The maximum absolute atomic E-state index is 12.4. The second-order valence-corrected chi connectivity index (χ2v) is 8.20. The van der Waals surface area contributed by atoms with Gasteiger partial charge in [-0.3, -0.25) is 9.69 Å². The van der Waals surface area contributed by atoms with Gasteiger partial charge in [0.25, 0.3) is 0 Å². The SMILES string of the molecule is CCCCNC(=O)C[C@@H]1[C@H](O)[C@H](O)[C@@H](CO)N1Cc1ccccc1N1CCCC1. The topological polar surface area (TPSA) is 96.3 Å². The molecule has 0 aromatic heterocycles. The number of rotatable bonds is 9. The fourth-order valence-electron chi connectivity index (χ4n) is 4.55. The van der Waals surface area contributed by atoms with Gasteiger partial charge in [-0.05, 0) is 30.9 Å². The quantitative estimate of drug-likeness (QED) is 0.455. The Bertz CT molecular complexity index is 665. The molecule has 1 amide bonds. The van der Waals surface area contributed by atoms with Gasteiger partial charge in [0.05, 0.1) is 24.9 Å². The number of unbranched alkanes of at least 4 members (excludes halogenated alkanes) is 1. The van der Waals surface area contributed by atoms with Crippen LogP contribution in [0.1, 0.15) is 44.6 Å². The maximum atomic E-state index is 12.4. The first-order valence-corrected chi connectivity index (χ1v) is 10.9. The molecule has 2 aliphatic heterocycles. The number of anilines is 1. The molecule has 0 bridgehead atoms. The number of hydrogen-bond acceptors (Lipinski definition) is 6. The largest absolute Gasteiger partial charge is 0.395 e. The Hall–Kier alpha value is -1.67. The molecule has 7 nitrogen and oxygen atoms in total. The van der Waals surface area contributed by atoms with Crippen LogP contribution >= 0.6 is 0 Å². The molecule has 29 heavy (non-hydrogen) atoms. The van der Waals surface area contributed by atoms with E-state index in [-0.39, 0.29) is 18.9 Å². The lowest BCUT2D eigenvalue weighted by molar-refractivity contribution is -0.123. The average molecular weight is 406 g/mol. The molecule has 0 unspecified atom stereocenters. The summed E-state index contributed by atoms with van der Waals surface area (Å²) in [7, 11) is 0. The lowest BCUT2D eigenvalue weighted by Crippen LogP contribution is -2.43. The Labute approximate surface area is 173 Å². The molecule has 1 aromatic carbocycles. The molecule has 0 aliphatic carbocycles.